The summed E-state index contributed by atoms with van der Waals surface area (Å²) in [6.45, 7) is 1.56. The summed E-state index contributed by atoms with van der Waals surface area (Å²) in [7, 11) is 1.98. The Morgan fingerprint density at radius 1 is 1.04 bits per heavy atom. The number of hydrogen-bond acceptors (Lipinski definition) is 3. The maximum atomic E-state index is 12.8. The van der Waals surface area contributed by atoms with Crippen LogP contribution in [0.3, 0.4) is 0 Å². The van der Waals surface area contributed by atoms with Crippen LogP contribution in [0.25, 0.3) is 0 Å². The lowest BCUT2D eigenvalue weighted by atomic mass is 10.0. The molecule has 0 aromatic heterocycles. The normalized spacial score (nSPS) is 15.4. The Morgan fingerprint density at radius 2 is 1.70 bits per heavy atom. The maximum Gasteiger partial charge on any atom is 0.257 e. The summed E-state index contributed by atoms with van der Waals surface area (Å²) in [6.07, 6.45) is 1.98. The first-order chi connectivity index (χ1) is 11.3. The van der Waals surface area contributed by atoms with E-state index in [2.05, 4.69) is 5.32 Å². The van der Waals surface area contributed by atoms with Crippen LogP contribution in [0.15, 0.2) is 54.6 Å². The van der Waals surface area contributed by atoms with Crippen LogP contribution in [0.1, 0.15) is 23.2 Å². The average Bonchev–Trinajstić information content (AvgIpc) is 2.62. The van der Waals surface area contributed by atoms with Gasteiger partial charge >= 0.3 is 0 Å². The lowest BCUT2D eigenvalue weighted by molar-refractivity contribution is 0.0705. The average molecular weight is 310 g/mol. The molecule has 1 N–H and O–H groups in total. The third-order valence-electron chi connectivity index (χ3n) is 4.28. The molecular formula is C19H22N2O2. The van der Waals surface area contributed by atoms with E-state index in [9.17, 15) is 4.79 Å². The number of carbonyl (C=O) groups is 1. The molecule has 1 aliphatic heterocycles. The fourth-order valence-corrected chi connectivity index (χ4v) is 2.89. The largest absolute Gasteiger partial charge is 0.457 e. The van der Waals surface area contributed by atoms with Crippen LogP contribution in [-0.4, -0.2) is 37.0 Å². The van der Waals surface area contributed by atoms with E-state index >= 15 is 0 Å². The van der Waals surface area contributed by atoms with Crippen LogP contribution in [0, 0.1) is 0 Å². The van der Waals surface area contributed by atoms with E-state index in [1.165, 1.54) is 0 Å². The van der Waals surface area contributed by atoms with Gasteiger partial charge in [0.1, 0.15) is 11.5 Å². The van der Waals surface area contributed by atoms with Crippen molar-refractivity contribution in [2.24, 2.45) is 0 Å². The molecule has 0 unspecified atom stereocenters. The molecule has 1 saturated heterocycles. The molecule has 0 radical (unpaired) electrons. The summed E-state index contributed by atoms with van der Waals surface area (Å²) in [4.78, 5) is 14.7. The van der Waals surface area contributed by atoms with Gasteiger partial charge in [0.2, 0.25) is 0 Å². The number of benzene rings is 2. The molecule has 0 aliphatic carbocycles. The highest BCUT2D eigenvalue weighted by molar-refractivity contribution is 5.97. The van der Waals surface area contributed by atoms with Gasteiger partial charge in [-0.1, -0.05) is 30.3 Å². The lowest BCUT2D eigenvalue weighted by Gasteiger charge is -2.32. The molecule has 0 saturated carbocycles. The van der Waals surface area contributed by atoms with E-state index in [0.29, 0.717) is 17.4 Å². The minimum Gasteiger partial charge on any atom is -0.457 e. The Kier molecular flexibility index (Phi) is 4.93. The van der Waals surface area contributed by atoms with Crippen LogP contribution in [-0.2, 0) is 0 Å². The van der Waals surface area contributed by atoms with Gasteiger partial charge in [-0.2, -0.15) is 0 Å². The molecule has 2 aromatic rings. The van der Waals surface area contributed by atoms with E-state index in [4.69, 9.17) is 4.74 Å². The molecule has 2 aromatic carbocycles. The Bertz CT molecular complexity index is 649. The van der Waals surface area contributed by atoms with Gasteiger partial charge < -0.3 is 15.0 Å². The number of carbonyl (C=O) groups excluding carboxylic acids is 1. The summed E-state index contributed by atoms with van der Waals surface area (Å²) in [5.41, 5.74) is 0.624. The molecule has 0 spiro atoms. The maximum absolute atomic E-state index is 12.8. The minimum absolute atomic E-state index is 0.0473. The van der Waals surface area contributed by atoms with Gasteiger partial charge in [0.05, 0.1) is 5.56 Å². The van der Waals surface area contributed by atoms with E-state index < -0.39 is 0 Å². The Balaban J connectivity index is 1.76. The number of hydrogen-bond donors (Lipinski definition) is 1. The second kappa shape index (κ2) is 7.29. The van der Waals surface area contributed by atoms with Crippen molar-refractivity contribution in [2.45, 2.75) is 18.9 Å². The Labute approximate surface area is 137 Å². The summed E-state index contributed by atoms with van der Waals surface area (Å²) < 4.78 is 5.90. The second-order valence-corrected chi connectivity index (χ2v) is 5.77. The van der Waals surface area contributed by atoms with Crippen molar-refractivity contribution in [2.75, 3.05) is 20.1 Å². The van der Waals surface area contributed by atoms with E-state index in [1.807, 2.05) is 66.5 Å². The van der Waals surface area contributed by atoms with E-state index in [-0.39, 0.29) is 5.91 Å². The van der Waals surface area contributed by atoms with Gasteiger partial charge in [0, 0.05) is 19.1 Å². The number of para-hydroxylation sites is 2. The first kappa shape index (κ1) is 15.6. The number of amides is 1. The van der Waals surface area contributed by atoms with Crippen LogP contribution in [0.5, 0.6) is 11.5 Å². The molecule has 1 amide bonds. The summed E-state index contributed by atoms with van der Waals surface area (Å²) in [5.74, 6) is 1.40. The van der Waals surface area contributed by atoms with Crippen molar-refractivity contribution >= 4 is 5.91 Å². The van der Waals surface area contributed by atoms with Gasteiger partial charge in [0.25, 0.3) is 5.91 Å². The van der Waals surface area contributed by atoms with E-state index in [0.717, 1.165) is 31.7 Å². The third kappa shape index (κ3) is 3.71. The fraction of sp³-hybridized carbons (Fsp3) is 0.316. The van der Waals surface area contributed by atoms with Crippen molar-refractivity contribution in [1.29, 1.82) is 0 Å². The second-order valence-electron chi connectivity index (χ2n) is 5.77. The number of ether oxygens (including phenoxy) is 1. The zero-order valence-corrected chi connectivity index (χ0v) is 13.4. The van der Waals surface area contributed by atoms with Gasteiger partial charge in [0.15, 0.2) is 0 Å². The first-order valence-corrected chi connectivity index (χ1v) is 8.06. The quantitative estimate of drug-likeness (QED) is 0.942. The molecule has 0 atom stereocenters. The summed E-state index contributed by atoms with van der Waals surface area (Å²) in [5, 5.41) is 3.28. The lowest BCUT2D eigenvalue weighted by Crippen LogP contribution is -2.44. The third-order valence-corrected chi connectivity index (χ3v) is 4.28. The Hall–Kier alpha value is -2.33. The van der Waals surface area contributed by atoms with Crippen molar-refractivity contribution in [1.82, 2.24) is 10.2 Å². The van der Waals surface area contributed by atoms with Crippen LogP contribution in [0.2, 0.25) is 0 Å². The summed E-state index contributed by atoms with van der Waals surface area (Å²) >= 11 is 0. The zero-order chi connectivity index (χ0) is 16.1. The van der Waals surface area contributed by atoms with Gasteiger partial charge in [-0.3, -0.25) is 4.79 Å². The first-order valence-electron chi connectivity index (χ1n) is 8.06. The molecule has 120 valence electrons. The van der Waals surface area contributed by atoms with Crippen molar-refractivity contribution in [3.05, 3.63) is 60.2 Å². The topological polar surface area (TPSA) is 41.6 Å². The highest BCUT2D eigenvalue weighted by Crippen LogP contribution is 2.27. The molecule has 1 heterocycles. The standard InChI is InChI=1S/C19H22N2O2/c1-20-15-11-13-21(14-12-15)19(22)17-9-5-6-10-18(17)23-16-7-3-2-4-8-16/h2-10,15,20H,11-14H2,1H3. The fourth-order valence-electron chi connectivity index (χ4n) is 2.89. The number of piperidine rings is 1. The predicted octanol–water partition coefficient (Wildman–Crippen LogP) is 3.30. The van der Waals surface area contributed by atoms with Crippen molar-refractivity contribution in [3.8, 4) is 11.5 Å². The SMILES string of the molecule is CNC1CCN(C(=O)c2ccccc2Oc2ccccc2)CC1. The molecule has 0 bridgehead atoms. The highest BCUT2D eigenvalue weighted by atomic mass is 16.5. The zero-order valence-electron chi connectivity index (χ0n) is 13.4. The number of likely N-dealkylation sites (tertiary alicyclic amines) is 1. The molecule has 1 fully saturated rings. The van der Waals surface area contributed by atoms with Gasteiger partial charge in [-0.05, 0) is 44.2 Å². The highest BCUT2D eigenvalue weighted by Gasteiger charge is 2.24. The molecule has 4 heteroatoms. The number of nitrogens with zero attached hydrogens (tertiary/aromatic N) is 1. The minimum atomic E-state index is 0.0473. The van der Waals surface area contributed by atoms with E-state index in [1.54, 1.807) is 0 Å². The molecule has 3 rings (SSSR count). The van der Waals surface area contributed by atoms with Crippen LogP contribution < -0.4 is 10.1 Å². The Morgan fingerprint density at radius 3 is 2.39 bits per heavy atom. The molecule has 23 heavy (non-hydrogen) atoms. The van der Waals surface area contributed by atoms with Gasteiger partial charge in [-0.15, -0.1) is 0 Å². The summed E-state index contributed by atoms with van der Waals surface area (Å²) in [6, 6.07) is 17.5. The van der Waals surface area contributed by atoms with Gasteiger partial charge in [-0.25, -0.2) is 0 Å². The van der Waals surface area contributed by atoms with Crippen molar-refractivity contribution in [3.63, 3.8) is 0 Å². The predicted molar refractivity (Wildman–Crippen MR) is 90.9 cm³/mol. The smallest absolute Gasteiger partial charge is 0.257 e. The molecule has 1 aliphatic rings. The molecule has 4 nitrogen and oxygen atoms in total. The monoisotopic (exact) mass is 310 g/mol. The molecular weight excluding hydrogens is 288 g/mol. The van der Waals surface area contributed by atoms with Crippen LogP contribution in [0.4, 0.5) is 0 Å². The van der Waals surface area contributed by atoms with Crippen molar-refractivity contribution < 1.29 is 9.53 Å². The van der Waals surface area contributed by atoms with Crippen LogP contribution >= 0.6 is 0 Å². The number of rotatable bonds is 4. The number of nitrogens with one attached hydrogen (secondary N) is 1.